The van der Waals surface area contributed by atoms with E-state index in [2.05, 4.69) is 27.0 Å². The van der Waals surface area contributed by atoms with Crippen LogP contribution in [0, 0.1) is 18.3 Å². The first-order valence-electron chi connectivity index (χ1n) is 7.11. The zero-order valence-electron chi connectivity index (χ0n) is 13.0. The summed E-state index contributed by atoms with van der Waals surface area (Å²) in [4.78, 5) is 15.3. The standard InChI is InChI=1S/C17H14BrN3O3/c1-8-5-13-15(17(22)21-8)14(11(7-19)16(20)24-13)10-6-9(18)3-4-12(10)23-2/h3-6,14H,20H2,1-2H3,(H,21,22)/t14-/m0/s1. The van der Waals surface area contributed by atoms with Crippen molar-refractivity contribution < 1.29 is 9.47 Å². The summed E-state index contributed by atoms with van der Waals surface area (Å²) in [5.74, 6) is 0.217. The summed E-state index contributed by atoms with van der Waals surface area (Å²) in [5.41, 5.74) is 7.42. The predicted molar refractivity (Wildman–Crippen MR) is 91.8 cm³/mol. The molecule has 0 aliphatic carbocycles. The molecule has 0 saturated carbocycles. The average Bonchev–Trinajstić information content (AvgIpc) is 2.53. The van der Waals surface area contributed by atoms with Gasteiger partial charge in [0.2, 0.25) is 5.88 Å². The minimum atomic E-state index is -0.671. The van der Waals surface area contributed by atoms with Gasteiger partial charge in [0.05, 0.1) is 18.6 Å². The number of fused-ring (bicyclic) bond motifs is 1. The Hall–Kier alpha value is -2.72. The Bertz CT molecular complexity index is 957. The van der Waals surface area contributed by atoms with Crippen LogP contribution in [0.15, 0.2) is 45.0 Å². The number of hydrogen-bond acceptors (Lipinski definition) is 5. The van der Waals surface area contributed by atoms with Crippen LogP contribution in [0.25, 0.3) is 0 Å². The second-order valence-corrected chi connectivity index (χ2v) is 6.29. The lowest BCUT2D eigenvalue weighted by atomic mass is 9.83. The predicted octanol–water partition coefficient (Wildman–Crippen LogP) is 2.67. The third-order valence-corrected chi connectivity index (χ3v) is 4.35. The van der Waals surface area contributed by atoms with Crippen molar-refractivity contribution in [3.8, 4) is 17.6 Å². The lowest BCUT2D eigenvalue weighted by molar-refractivity contribution is 0.384. The van der Waals surface area contributed by atoms with Crippen molar-refractivity contribution in [2.24, 2.45) is 5.73 Å². The van der Waals surface area contributed by atoms with E-state index in [1.807, 2.05) is 12.1 Å². The SMILES string of the molecule is COc1ccc(Br)cc1[C@H]1C(C#N)=C(N)Oc2cc(C)[nH]c(=O)c21. The molecule has 0 spiro atoms. The molecule has 2 aromatic rings. The molecule has 0 unspecified atom stereocenters. The van der Waals surface area contributed by atoms with Crippen LogP contribution in [0.5, 0.6) is 11.5 Å². The van der Waals surface area contributed by atoms with Gasteiger partial charge in [-0.3, -0.25) is 4.79 Å². The smallest absolute Gasteiger partial charge is 0.256 e. The maximum atomic E-state index is 12.6. The number of halogens is 1. The minimum absolute atomic E-state index is 0.0120. The van der Waals surface area contributed by atoms with Crippen LogP contribution < -0.4 is 20.8 Å². The van der Waals surface area contributed by atoms with Crippen LogP contribution in [0.1, 0.15) is 22.7 Å². The van der Waals surface area contributed by atoms with E-state index in [-0.39, 0.29) is 17.0 Å². The lowest BCUT2D eigenvalue weighted by Crippen LogP contribution is -2.28. The monoisotopic (exact) mass is 387 g/mol. The van der Waals surface area contributed by atoms with Crippen LogP contribution >= 0.6 is 15.9 Å². The van der Waals surface area contributed by atoms with Crippen LogP contribution in [0.2, 0.25) is 0 Å². The summed E-state index contributed by atoms with van der Waals surface area (Å²) >= 11 is 3.42. The summed E-state index contributed by atoms with van der Waals surface area (Å²) in [6.07, 6.45) is 0. The van der Waals surface area contributed by atoms with Crippen LogP contribution in [-0.2, 0) is 0 Å². The second kappa shape index (κ2) is 6.06. The third kappa shape index (κ3) is 2.55. The van der Waals surface area contributed by atoms with E-state index in [1.54, 1.807) is 19.1 Å². The molecule has 3 N–H and O–H groups in total. The maximum Gasteiger partial charge on any atom is 0.256 e. The summed E-state index contributed by atoms with van der Waals surface area (Å²) in [6.45, 7) is 1.75. The summed E-state index contributed by atoms with van der Waals surface area (Å²) < 4.78 is 11.7. The molecule has 1 aliphatic heterocycles. The highest BCUT2D eigenvalue weighted by molar-refractivity contribution is 9.10. The van der Waals surface area contributed by atoms with Gasteiger partial charge in [-0.1, -0.05) is 15.9 Å². The van der Waals surface area contributed by atoms with Gasteiger partial charge in [0.15, 0.2) is 0 Å². The first-order valence-corrected chi connectivity index (χ1v) is 7.90. The van der Waals surface area contributed by atoms with Gasteiger partial charge in [-0.2, -0.15) is 5.26 Å². The van der Waals surface area contributed by atoms with Gasteiger partial charge in [-0.05, 0) is 25.1 Å². The second-order valence-electron chi connectivity index (χ2n) is 5.37. The highest BCUT2D eigenvalue weighted by Gasteiger charge is 2.35. The van der Waals surface area contributed by atoms with E-state index in [0.29, 0.717) is 28.3 Å². The number of aryl methyl sites for hydroxylation is 1. The number of rotatable bonds is 2. The molecule has 2 heterocycles. The van der Waals surface area contributed by atoms with Crippen molar-refractivity contribution >= 4 is 15.9 Å². The Labute approximate surface area is 146 Å². The number of methoxy groups -OCH3 is 1. The van der Waals surface area contributed by atoms with E-state index < -0.39 is 5.92 Å². The molecule has 1 aromatic carbocycles. The van der Waals surface area contributed by atoms with Gasteiger partial charge in [-0.15, -0.1) is 0 Å². The van der Waals surface area contributed by atoms with Crippen LogP contribution in [0.4, 0.5) is 0 Å². The molecule has 3 rings (SSSR count). The van der Waals surface area contributed by atoms with Gasteiger partial charge >= 0.3 is 0 Å². The number of nitriles is 1. The Balaban J connectivity index is 2.37. The number of H-pyrrole nitrogens is 1. The van der Waals surface area contributed by atoms with E-state index in [4.69, 9.17) is 15.2 Å². The summed E-state index contributed by atoms with van der Waals surface area (Å²) in [7, 11) is 1.53. The number of allylic oxidation sites excluding steroid dienone is 1. The number of nitrogens with two attached hydrogens (primary N) is 1. The molecule has 1 aliphatic rings. The van der Waals surface area contributed by atoms with E-state index in [0.717, 1.165) is 4.47 Å². The summed E-state index contributed by atoms with van der Waals surface area (Å²) in [5, 5.41) is 9.56. The molecule has 1 atom stereocenters. The number of benzene rings is 1. The number of ether oxygens (including phenoxy) is 2. The largest absolute Gasteiger partial charge is 0.496 e. The van der Waals surface area contributed by atoms with Gasteiger partial charge in [-0.25, -0.2) is 0 Å². The molecule has 24 heavy (non-hydrogen) atoms. The molecule has 0 saturated heterocycles. The highest BCUT2D eigenvalue weighted by atomic mass is 79.9. The Kier molecular flexibility index (Phi) is 4.08. The number of nitrogens with one attached hydrogen (secondary N) is 1. The van der Waals surface area contributed by atoms with Gasteiger partial charge in [0.25, 0.3) is 5.56 Å². The Morgan fingerprint density at radius 1 is 1.42 bits per heavy atom. The molecular formula is C17H14BrN3O3. The first kappa shape index (κ1) is 16.1. The highest BCUT2D eigenvalue weighted by Crippen LogP contribution is 2.43. The lowest BCUT2D eigenvalue weighted by Gasteiger charge is -2.26. The Morgan fingerprint density at radius 3 is 2.83 bits per heavy atom. The fraction of sp³-hybridized carbons (Fsp3) is 0.176. The molecule has 0 amide bonds. The number of aromatic amines is 1. The number of pyridine rings is 1. The average molecular weight is 388 g/mol. The van der Waals surface area contributed by atoms with E-state index >= 15 is 0 Å². The molecule has 6 nitrogen and oxygen atoms in total. The zero-order valence-corrected chi connectivity index (χ0v) is 14.6. The number of hydrogen-bond donors (Lipinski definition) is 2. The van der Waals surface area contributed by atoms with Crippen molar-refractivity contribution in [1.29, 1.82) is 5.26 Å². The fourth-order valence-corrected chi connectivity index (χ4v) is 3.23. The first-order chi connectivity index (χ1) is 11.5. The fourth-order valence-electron chi connectivity index (χ4n) is 2.85. The molecule has 1 aromatic heterocycles. The van der Waals surface area contributed by atoms with Crippen molar-refractivity contribution in [3.05, 3.63) is 67.4 Å². The quantitative estimate of drug-likeness (QED) is 0.824. The van der Waals surface area contributed by atoms with Crippen molar-refractivity contribution in [1.82, 2.24) is 4.98 Å². The third-order valence-electron chi connectivity index (χ3n) is 3.85. The number of aromatic nitrogens is 1. The zero-order chi connectivity index (χ0) is 17.4. The molecule has 0 bridgehead atoms. The van der Waals surface area contributed by atoms with Crippen molar-refractivity contribution in [3.63, 3.8) is 0 Å². The van der Waals surface area contributed by atoms with Crippen molar-refractivity contribution in [2.75, 3.05) is 7.11 Å². The molecule has 0 fully saturated rings. The van der Waals surface area contributed by atoms with Gasteiger partial charge < -0.3 is 20.2 Å². The topological polar surface area (TPSA) is 101 Å². The van der Waals surface area contributed by atoms with Crippen LogP contribution in [-0.4, -0.2) is 12.1 Å². The van der Waals surface area contributed by atoms with E-state index in [9.17, 15) is 10.1 Å². The maximum absolute atomic E-state index is 12.6. The van der Waals surface area contributed by atoms with Gasteiger partial charge in [0, 0.05) is 21.8 Å². The normalized spacial score (nSPS) is 16.2. The molecule has 0 radical (unpaired) electrons. The molecule has 122 valence electrons. The summed E-state index contributed by atoms with van der Waals surface area (Å²) in [6, 6.07) is 9.15. The number of nitrogens with zero attached hydrogens (tertiary/aromatic N) is 1. The van der Waals surface area contributed by atoms with E-state index in [1.165, 1.54) is 7.11 Å². The Morgan fingerprint density at radius 2 is 2.17 bits per heavy atom. The van der Waals surface area contributed by atoms with Crippen LogP contribution in [0.3, 0.4) is 0 Å². The molecule has 7 heteroatoms. The van der Waals surface area contributed by atoms with Crippen molar-refractivity contribution in [2.45, 2.75) is 12.8 Å². The molecular weight excluding hydrogens is 374 g/mol. The van der Waals surface area contributed by atoms with Gasteiger partial charge in [0.1, 0.15) is 23.1 Å². The minimum Gasteiger partial charge on any atom is -0.496 e.